The van der Waals surface area contributed by atoms with Gasteiger partial charge in [-0.25, -0.2) is 4.39 Å². The van der Waals surface area contributed by atoms with E-state index in [1.165, 1.54) is 12.1 Å². The van der Waals surface area contributed by atoms with Crippen molar-refractivity contribution in [1.29, 1.82) is 0 Å². The predicted molar refractivity (Wildman–Crippen MR) is 79.0 cm³/mol. The first-order chi connectivity index (χ1) is 8.97. The van der Waals surface area contributed by atoms with Gasteiger partial charge < -0.3 is 5.11 Å². The molecule has 2 rings (SSSR count). The van der Waals surface area contributed by atoms with E-state index < -0.39 is 6.10 Å². The molecule has 19 heavy (non-hydrogen) atoms. The van der Waals surface area contributed by atoms with Gasteiger partial charge in [0.25, 0.3) is 0 Å². The Bertz CT molecular complexity index is 601. The highest BCUT2D eigenvalue weighted by Gasteiger charge is 2.14. The minimum Gasteiger partial charge on any atom is -0.388 e. The molecule has 0 fully saturated rings. The average Bonchev–Trinajstić information content (AvgIpc) is 2.36. The molecule has 100 valence electrons. The molecule has 4 heteroatoms. The Balaban J connectivity index is 2.27. The van der Waals surface area contributed by atoms with Crippen molar-refractivity contribution in [3.63, 3.8) is 0 Å². The Morgan fingerprint density at radius 3 is 2.74 bits per heavy atom. The van der Waals surface area contributed by atoms with Crippen LogP contribution >= 0.6 is 27.5 Å². The smallest absolute Gasteiger partial charge is 0.123 e. The molecule has 1 nitrogen and oxygen atoms in total. The number of hydrogen-bond acceptors (Lipinski definition) is 1. The maximum absolute atomic E-state index is 13.2. The largest absolute Gasteiger partial charge is 0.388 e. The summed E-state index contributed by atoms with van der Waals surface area (Å²) in [4.78, 5) is 0. The molecule has 0 saturated carbocycles. The van der Waals surface area contributed by atoms with Crippen LogP contribution in [0.3, 0.4) is 0 Å². The SMILES string of the molecule is Cc1ccc(F)cc1CC(O)c1cc(Br)ccc1Cl. The molecule has 0 amide bonds. The Labute approximate surface area is 125 Å². The van der Waals surface area contributed by atoms with Gasteiger partial charge in [0, 0.05) is 21.5 Å². The standard InChI is InChI=1S/C15H13BrClFO/c1-9-2-4-12(18)6-10(9)7-15(19)13-8-11(16)3-5-14(13)17/h2-6,8,15,19H,7H2,1H3. The van der Waals surface area contributed by atoms with Gasteiger partial charge in [-0.05, 0) is 48.4 Å². The number of halogens is 3. The summed E-state index contributed by atoms with van der Waals surface area (Å²) in [5.74, 6) is -0.298. The van der Waals surface area contributed by atoms with Crippen molar-refractivity contribution in [2.24, 2.45) is 0 Å². The second-order valence-corrected chi connectivity index (χ2v) is 5.78. The molecule has 1 atom stereocenters. The number of rotatable bonds is 3. The van der Waals surface area contributed by atoms with E-state index in [-0.39, 0.29) is 5.82 Å². The molecule has 0 aromatic heterocycles. The summed E-state index contributed by atoms with van der Waals surface area (Å²) < 4.78 is 14.1. The Morgan fingerprint density at radius 1 is 1.26 bits per heavy atom. The molecule has 0 spiro atoms. The molecule has 0 bridgehead atoms. The van der Waals surface area contributed by atoms with Crippen molar-refractivity contribution < 1.29 is 9.50 Å². The summed E-state index contributed by atoms with van der Waals surface area (Å²) >= 11 is 9.42. The van der Waals surface area contributed by atoms with Gasteiger partial charge in [-0.1, -0.05) is 33.6 Å². The Kier molecular flexibility index (Phi) is 4.61. The third-order valence-electron chi connectivity index (χ3n) is 3.04. The van der Waals surface area contributed by atoms with Crippen LogP contribution in [-0.2, 0) is 6.42 Å². The number of aliphatic hydroxyl groups is 1. The average molecular weight is 344 g/mol. The Morgan fingerprint density at radius 2 is 2.00 bits per heavy atom. The van der Waals surface area contributed by atoms with Gasteiger partial charge in [0.15, 0.2) is 0 Å². The number of aliphatic hydroxyl groups excluding tert-OH is 1. The molecule has 0 saturated heterocycles. The van der Waals surface area contributed by atoms with Crippen molar-refractivity contribution in [3.05, 3.63) is 68.4 Å². The summed E-state index contributed by atoms with van der Waals surface area (Å²) in [5.41, 5.74) is 2.37. The van der Waals surface area contributed by atoms with E-state index in [0.29, 0.717) is 17.0 Å². The normalized spacial score (nSPS) is 12.5. The van der Waals surface area contributed by atoms with Crippen LogP contribution < -0.4 is 0 Å². The molecule has 1 N–H and O–H groups in total. The van der Waals surface area contributed by atoms with Crippen molar-refractivity contribution in [2.75, 3.05) is 0 Å². The lowest BCUT2D eigenvalue weighted by molar-refractivity contribution is 0.178. The van der Waals surface area contributed by atoms with Gasteiger partial charge >= 0.3 is 0 Å². The number of benzene rings is 2. The van der Waals surface area contributed by atoms with Gasteiger partial charge in [0.1, 0.15) is 5.82 Å². The molecular formula is C15H13BrClFO. The molecule has 2 aromatic rings. The predicted octanol–water partition coefficient (Wildman–Crippen LogP) is 4.83. The van der Waals surface area contributed by atoms with Gasteiger partial charge in [-0.2, -0.15) is 0 Å². The summed E-state index contributed by atoms with van der Waals surface area (Å²) in [7, 11) is 0. The lowest BCUT2D eigenvalue weighted by Gasteiger charge is -2.15. The van der Waals surface area contributed by atoms with E-state index in [2.05, 4.69) is 15.9 Å². The van der Waals surface area contributed by atoms with E-state index >= 15 is 0 Å². The van der Waals surface area contributed by atoms with Gasteiger partial charge in [0.05, 0.1) is 6.10 Å². The molecule has 1 unspecified atom stereocenters. The fourth-order valence-corrected chi connectivity index (χ4v) is 2.57. The third-order valence-corrected chi connectivity index (χ3v) is 3.88. The minimum absolute atomic E-state index is 0.298. The molecule has 0 aliphatic heterocycles. The molecule has 0 heterocycles. The third kappa shape index (κ3) is 3.56. The lowest BCUT2D eigenvalue weighted by atomic mass is 9.98. The van der Waals surface area contributed by atoms with E-state index in [0.717, 1.165) is 15.6 Å². The van der Waals surface area contributed by atoms with E-state index in [4.69, 9.17) is 11.6 Å². The van der Waals surface area contributed by atoms with Crippen molar-refractivity contribution in [1.82, 2.24) is 0 Å². The van der Waals surface area contributed by atoms with E-state index in [1.807, 2.05) is 13.0 Å². The first-order valence-corrected chi connectivity index (χ1v) is 7.02. The number of hydrogen-bond donors (Lipinski definition) is 1. The Hall–Kier alpha value is -0.900. The lowest BCUT2D eigenvalue weighted by Crippen LogP contribution is -2.04. The summed E-state index contributed by atoms with van der Waals surface area (Å²) in [6.45, 7) is 1.89. The van der Waals surface area contributed by atoms with Gasteiger partial charge in [0.2, 0.25) is 0 Å². The second kappa shape index (κ2) is 6.04. The van der Waals surface area contributed by atoms with Crippen LogP contribution in [0.1, 0.15) is 22.8 Å². The molecule has 0 radical (unpaired) electrons. The van der Waals surface area contributed by atoms with Crippen LogP contribution in [0.15, 0.2) is 40.9 Å². The van der Waals surface area contributed by atoms with Crippen LogP contribution in [0, 0.1) is 12.7 Å². The molecule has 0 aliphatic carbocycles. The molecular weight excluding hydrogens is 331 g/mol. The van der Waals surface area contributed by atoms with Crippen LogP contribution in [-0.4, -0.2) is 5.11 Å². The van der Waals surface area contributed by atoms with Gasteiger partial charge in [-0.15, -0.1) is 0 Å². The molecule has 0 aliphatic rings. The summed E-state index contributed by atoms with van der Waals surface area (Å²) in [5, 5.41) is 10.8. The second-order valence-electron chi connectivity index (χ2n) is 4.46. The first kappa shape index (κ1) is 14.5. The van der Waals surface area contributed by atoms with Crippen molar-refractivity contribution >= 4 is 27.5 Å². The highest BCUT2D eigenvalue weighted by Crippen LogP contribution is 2.29. The summed E-state index contributed by atoms with van der Waals surface area (Å²) in [6, 6.07) is 9.89. The topological polar surface area (TPSA) is 20.2 Å². The maximum atomic E-state index is 13.2. The minimum atomic E-state index is -0.759. The monoisotopic (exact) mass is 342 g/mol. The zero-order valence-electron chi connectivity index (χ0n) is 10.3. The van der Waals surface area contributed by atoms with E-state index in [1.54, 1.807) is 18.2 Å². The van der Waals surface area contributed by atoms with Crippen LogP contribution in [0.2, 0.25) is 5.02 Å². The molecule has 2 aromatic carbocycles. The fourth-order valence-electron chi connectivity index (χ4n) is 1.95. The zero-order valence-corrected chi connectivity index (χ0v) is 12.7. The fraction of sp³-hybridized carbons (Fsp3) is 0.200. The highest BCUT2D eigenvalue weighted by molar-refractivity contribution is 9.10. The number of aryl methyl sites for hydroxylation is 1. The van der Waals surface area contributed by atoms with E-state index in [9.17, 15) is 9.50 Å². The van der Waals surface area contributed by atoms with Crippen LogP contribution in [0.25, 0.3) is 0 Å². The zero-order chi connectivity index (χ0) is 14.0. The summed E-state index contributed by atoms with van der Waals surface area (Å²) in [6.07, 6.45) is -0.426. The van der Waals surface area contributed by atoms with Crippen molar-refractivity contribution in [3.8, 4) is 0 Å². The quantitative estimate of drug-likeness (QED) is 0.846. The first-order valence-electron chi connectivity index (χ1n) is 5.85. The van der Waals surface area contributed by atoms with Gasteiger partial charge in [-0.3, -0.25) is 0 Å². The van der Waals surface area contributed by atoms with Crippen LogP contribution in [0.5, 0.6) is 0 Å². The van der Waals surface area contributed by atoms with Crippen molar-refractivity contribution in [2.45, 2.75) is 19.4 Å². The maximum Gasteiger partial charge on any atom is 0.123 e. The van der Waals surface area contributed by atoms with Crippen LogP contribution in [0.4, 0.5) is 4.39 Å². The highest BCUT2D eigenvalue weighted by atomic mass is 79.9.